The number of thiazole rings is 1. The molecule has 2 aromatic carbocycles. The quantitative estimate of drug-likeness (QED) is 0.519. The lowest BCUT2D eigenvalue weighted by Gasteiger charge is -2.04. The Morgan fingerprint density at radius 2 is 1.85 bits per heavy atom. The van der Waals surface area contributed by atoms with Crippen LogP contribution in [-0.2, 0) is 9.59 Å². The molecule has 0 aliphatic rings. The fraction of sp³-hybridized carbons (Fsp3) is 0.111. The Bertz CT molecular complexity index is 1030. The molecule has 27 heavy (non-hydrogen) atoms. The largest absolute Gasteiger partial charge is 0.364 e. The first kappa shape index (κ1) is 18.3. The Labute approximate surface area is 158 Å². The van der Waals surface area contributed by atoms with E-state index in [1.165, 1.54) is 6.92 Å². The molecular weight excluding hydrogens is 366 g/mol. The fourth-order valence-electron chi connectivity index (χ4n) is 2.39. The number of benzene rings is 2. The normalized spacial score (nSPS) is 10.4. The number of nitrogens with zero attached hydrogens (tertiary/aromatic N) is 1. The van der Waals surface area contributed by atoms with Crippen molar-refractivity contribution in [1.82, 2.24) is 10.3 Å². The number of fused-ring (bicyclic) bond motifs is 1. The van der Waals surface area contributed by atoms with Gasteiger partial charge in [0, 0.05) is 12.6 Å². The van der Waals surface area contributed by atoms with Gasteiger partial charge in [-0.3, -0.25) is 14.4 Å². The van der Waals surface area contributed by atoms with Crippen molar-refractivity contribution >= 4 is 55.7 Å². The highest BCUT2D eigenvalue weighted by molar-refractivity contribution is 7.20. The summed E-state index contributed by atoms with van der Waals surface area (Å²) < 4.78 is 0. The number of hydrogen-bond acceptors (Lipinski definition) is 6. The van der Waals surface area contributed by atoms with Gasteiger partial charge < -0.3 is 21.7 Å². The van der Waals surface area contributed by atoms with Crippen LogP contribution in [0.5, 0.6) is 0 Å². The molecule has 1 heterocycles. The molecule has 138 valence electrons. The molecule has 0 aliphatic carbocycles. The zero-order valence-electron chi connectivity index (χ0n) is 14.4. The van der Waals surface area contributed by atoms with Crippen molar-refractivity contribution < 1.29 is 14.4 Å². The zero-order valence-corrected chi connectivity index (χ0v) is 15.2. The summed E-state index contributed by atoms with van der Waals surface area (Å²) in [5.41, 5.74) is 6.09. The number of nitrogens with one attached hydrogen (secondary N) is 3. The number of hydrogen-bond donors (Lipinski definition) is 4. The first-order valence-corrected chi connectivity index (χ1v) is 8.85. The average molecular weight is 383 g/mol. The summed E-state index contributed by atoms with van der Waals surface area (Å²) in [6, 6.07) is 13.7. The molecule has 0 atom stereocenters. The Balaban J connectivity index is 1.80. The van der Waals surface area contributed by atoms with Crippen LogP contribution in [0.4, 0.5) is 15.8 Å². The molecule has 9 heteroatoms. The van der Waals surface area contributed by atoms with Crippen LogP contribution in [0.1, 0.15) is 17.4 Å². The highest BCUT2D eigenvalue weighted by atomic mass is 32.1. The van der Waals surface area contributed by atoms with E-state index in [0.717, 1.165) is 27.8 Å². The molecule has 0 radical (unpaired) electrons. The smallest absolute Gasteiger partial charge is 0.270 e. The highest BCUT2D eigenvalue weighted by Crippen LogP contribution is 2.31. The van der Waals surface area contributed by atoms with Crippen LogP contribution >= 0.6 is 11.3 Å². The maximum Gasteiger partial charge on any atom is 0.270 e. The van der Waals surface area contributed by atoms with Crippen molar-refractivity contribution in [1.29, 1.82) is 0 Å². The second kappa shape index (κ2) is 7.83. The Morgan fingerprint density at radius 3 is 2.56 bits per heavy atom. The van der Waals surface area contributed by atoms with E-state index in [2.05, 4.69) is 20.9 Å². The summed E-state index contributed by atoms with van der Waals surface area (Å²) in [6.45, 7) is 1.10. The molecule has 0 saturated carbocycles. The van der Waals surface area contributed by atoms with E-state index in [-0.39, 0.29) is 23.1 Å². The lowest BCUT2D eigenvalue weighted by atomic mass is 10.1. The zero-order chi connectivity index (χ0) is 19.4. The van der Waals surface area contributed by atoms with E-state index >= 15 is 0 Å². The SMILES string of the molecule is CC(=O)NCC(=O)Nc1sc(Nc2ccc3ccccc3c2)nc1C(N)=O. The summed E-state index contributed by atoms with van der Waals surface area (Å²) in [5.74, 6) is -1.57. The number of anilines is 3. The molecule has 3 amide bonds. The first-order chi connectivity index (χ1) is 12.9. The van der Waals surface area contributed by atoms with Crippen LogP contribution in [-0.4, -0.2) is 29.3 Å². The molecule has 0 saturated heterocycles. The van der Waals surface area contributed by atoms with E-state index in [4.69, 9.17) is 5.73 Å². The van der Waals surface area contributed by atoms with Gasteiger partial charge in [0.05, 0.1) is 6.54 Å². The predicted molar refractivity (Wildman–Crippen MR) is 105 cm³/mol. The summed E-state index contributed by atoms with van der Waals surface area (Å²) in [7, 11) is 0. The maximum atomic E-state index is 11.9. The highest BCUT2D eigenvalue weighted by Gasteiger charge is 2.18. The second-order valence-corrected chi connectivity index (χ2v) is 6.70. The summed E-state index contributed by atoms with van der Waals surface area (Å²) >= 11 is 1.08. The van der Waals surface area contributed by atoms with Gasteiger partial charge in [-0.25, -0.2) is 4.98 Å². The molecule has 1 aromatic heterocycles. The van der Waals surface area contributed by atoms with Crippen LogP contribution < -0.4 is 21.7 Å². The third-order valence-electron chi connectivity index (χ3n) is 3.61. The Morgan fingerprint density at radius 1 is 1.11 bits per heavy atom. The fourth-order valence-corrected chi connectivity index (χ4v) is 3.30. The van der Waals surface area contributed by atoms with Crippen molar-refractivity contribution in [2.24, 2.45) is 5.73 Å². The first-order valence-electron chi connectivity index (χ1n) is 8.03. The van der Waals surface area contributed by atoms with Gasteiger partial charge >= 0.3 is 0 Å². The Kier molecular flexibility index (Phi) is 5.32. The van der Waals surface area contributed by atoms with Crippen LogP contribution in [0.2, 0.25) is 0 Å². The van der Waals surface area contributed by atoms with Gasteiger partial charge in [-0.1, -0.05) is 41.7 Å². The lowest BCUT2D eigenvalue weighted by molar-refractivity contribution is -0.122. The van der Waals surface area contributed by atoms with Crippen LogP contribution in [0, 0.1) is 0 Å². The van der Waals surface area contributed by atoms with E-state index in [1.807, 2.05) is 42.5 Å². The lowest BCUT2D eigenvalue weighted by Crippen LogP contribution is -2.31. The number of aromatic nitrogens is 1. The molecule has 0 spiro atoms. The number of primary amides is 1. The number of carbonyl (C=O) groups is 3. The predicted octanol–water partition coefficient (Wildman–Crippen LogP) is 2.21. The van der Waals surface area contributed by atoms with Gasteiger partial charge in [-0.15, -0.1) is 0 Å². The third kappa shape index (κ3) is 4.59. The molecule has 8 nitrogen and oxygen atoms in total. The molecule has 3 rings (SSSR count). The molecule has 3 aromatic rings. The maximum absolute atomic E-state index is 11.9. The summed E-state index contributed by atoms with van der Waals surface area (Å²) in [5, 5.41) is 10.8. The number of rotatable bonds is 6. The molecule has 0 fully saturated rings. The van der Waals surface area contributed by atoms with Gasteiger partial charge in [-0.2, -0.15) is 0 Å². The standard InChI is InChI=1S/C18H17N5O3S/c1-10(24)20-9-14(25)22-17-15(16(19)26)23-18(27-17)21-13-7-6-11-4-2-3-5-12(11)8-13/h2-8H,9H2,1H3,(H2,19,26)(H,20,24)(H,21,23)(H,22,25). The van der Waals surface area contributed by atoms with Gasteiger partial charge in [0.15, 0.2) is 10.8 Å². The second-order valence-electron chi connectivity index (χ2n) is 5.71. The van der Waals surface area contributed by atoms with Crippen LogP contribution in [0.15, 0.2) is 42.5 Å². The van der Waals surface area contributed by atoms with Crippen molar-refractivity contribution in [3.05, 3.63) is 48.2 Å². The minimum absolute atomic E-state index is 0.0422. The monoisotopic (exact) mass is 383 g/mol. The summed E-state index contributed by atoms with van der Waals surface area (Å²) in [6.07, 6.45) is 0. The van der Waals surface area contributed by atoms with Crippen molar-refractivity contribution in [2.75, 3.05) is 17.2 Å². The number of nitrogens with two attached hydrogens (primary N) is 1. The third-order valence-corrected chi connectivity index (χ3v) is 4.50. The number of amides is 3. The van der Waals surface area contributed by atoms with Crippen molar-refractivity contribution in [3.8, 4) is 0 Å². The van der Waals surface area contributed by atoms with Crippen LogP contribution in [0.3, 0.4) is 0 Å². The molecule has 0 aliphatic heterocycles. The molecule has 5 N–H and O–H groups in total. The topological polar surface area (TPSA) is 126 Å². The van der Waals surface area contributed by atoms with Crippen LogP contribution in [0.25, 0.3) is 10.8 Å². The average Bonchev–Trinajstić information content (AvgIpc) is 3.02. The van der Waals surface area contributed by atoms with Crippen molar-refractivity contribution in [2.45, 2.75) is 6.92 Å². The van der Waals surface area contributed by atoms with Gasteiger partial charge in [0.1, 0.15) is 5.00 Å². The van der Waals surface area contributed by atoms with Gasteiger partial charge in [-0.05, 0) is 22.9 Å². The Hall–Kier alpha value is -3.46. The number of carbonyl (C=O) groups excluding carboxylic acids is 3. The minimum Gasteiger partial charge on any atom is -0.364 e. The molecule has 0 unspecified atom stereocenters. The van der Waals surface area contributed by atoms with Crippen molar-refractivity contribution in [3.63, 3.8) is 0 Å². The van der Waals surface area contributed by atoms with E-state index in [9.17, 15) is 14.4 Å². The van der Waals surface area contributed by atoms with Gasteiger partial charge in [0.25, 0.3) is 5.91 Å². The molecular formula is C18H17N5O3S. The minimum atomic E-state index is -0.757. The van der Waals surface area contributed by atoms with E-state index in [0.29, 0.717) is 5.13 Å². The summed E-state index contributed by atoms with van der Waals surface area (Å²) in [4.78, 5) is 38.6. The van der Waals surface area contributed by atoms with Gasteiger partial charge in [0.2, 0.25) is 11.8 Å². The van der Waals surface area contributed by atoms with E-state index in [1.54, 1.807) is 0 Å². The molecule has 0 bridgehead atoms. The van der Waals surface area contributed by atoms with E-state index < -0.39 is 11.8 Å².